The molecule has 3 heteroatoms. The predicted octanol–water partition coefficient (Wildman–Crippen LogP) is 2.85. The van der Waals surface area contributed by atoms with E-state index in [2.05, 4.69) is 17.6 Å². The van der Waals surface area contributed by atoms with Crippen LogP contribution in [0.3, 0.4) is 0 Å². The van der Waals surface area contributed by atoms with E-state index in [1.165, 1.54) is 44.9 Å². The van der Waals surface area contributed by atoms with Crippen molar-refractivity contribution in [3.8, 4) is 0 Å². The summed E-state index contributed by atoms with van der Waals surface area (Å²) in [6, 6.07) is 1.13. The second-order valence-corrected chi connectivity index (χ2v) is 7.29. The molecule has 2 N–H and O–H groups in total. The fraction of sp³-hybridized carbons (Fsp3) is 0.941. The molecule has 2 bridgehead atoms. The molecule has 3 unspecified atom stereocenters. The number of fused-ring (bicyclic) bond motifs is 2. The third-order valence-electron chi connectivity index (χ3n) is 5.83. The molecular formula is C17H30N2O. The van der Waals surface area contributed by atoms with Crippen molar-refractivity contribution < 1.29 is 4.79 Å². The predicted molar refractivity (Wildman–Crippen MR) is 81.4 cm³/mol. The van der Waals surface area contributed by atoms with Gasteiger partial charge in [0.2, 0.25) is 5.91 Å². The topological polar surface area (TPSA) is 41.1 Å². The summed E-state index contributed by atoms with van der Waals surface area (Å²) in [4.78, 5) is 12.4. The Hall–Kier alpha value is -0.570. The molecule has 3 atom stereocenters. The number of amides is 1. The summed E-state index contributed by atoms with van der Waals surface area (Å²) >= 11 is 0. The van der Waals surface area contributed by atoms with E-state index in [-0.39, 0.29) is 0 Å². The molecule has 20 heavy (non-hydrogen) atoms. The molecule has 0 aromatic rings. The number of hydrogen-bond acceptors (Lipinski definition) is 2. The molecule has 1 amide bonds. The minimum atomic E-state index is 0.352. The molecule has 3 saturated carbocycles. The Morgan fingerprint density at radius 2 is 1.75 bits per heavy atom. The molecule has 3 aliphatic carbocycles. The molecule has 0 aliphatic heterocycles. The third kappa shape index (κ3) is 3.19. The van der Waals surface area contributed by atoms with Crippen molar-refractivity contribution in [2.24, 2.45) is 17.8 Å². The summed E-state index contributed by atoms with van der Waals surface area (Å²) in [7, 11) is 0. The maximum Gasteiger partial charge on any atom is 0.223 e. The Bertz CT molecular complexity index is 336. The lowest BCUT2D eigenvalue weighted by Gasteiger charge is -2.31. The van der Waals surface area contributed by atoms with Gasteiger partial charge in [0.15, 0.2) is 0 Å². The van der Waals surface area contributed by atoms with Crippen molar-refractivity contribution >= 4 is 5.91 Å². The van der Waals surface area contributed by atoms with Gasteiger partial charge in [-0.2, -0.15) is 0 Å². The van der Waals surface area contributed by atoms with Crippen LogP contribution in [0.25, 0.3) is 0 Å². The van der Waals surface area contributed by atoms with Gasteiger partial charge in [0.1, 0.15) is 0 Å². The molecule has 0 spiro atoms. The number of carbonyl (C=O) groups excluding carboxylic acids is 1. The summed E-state index contributed by atoms with van der Waals surface area (Å²) in [5.74, 6) is 2.30. The monoisotopic (exact) mass is 278 g/mol. The Morgan fingerprint density at radius 1 is 1.00 bits per heavy atom. The highest BCUT2D eigenvalue weighted by Gasteiger charge is 2.43. The molecule has 0 radical (unpaired) electrons. The van der Waals surface area contributed by atoms with E-state index in [9.17, 15) is 4.79 Å². The molecular weight excluding hydrogens is 248 g/mol. The van der Waals surface area contributed by atoms with Gasteiger partial charge in [-0.3, -0.25) is 4.79 Å². The van der Waals surface area contributed by atoms with Crippen molar-refractivity contribution in [3.05, 3.63) is 0 Å². The molecule has 3 aliphatic rings. The first-order valence-electron chi connectivity index (χ1n) is 8.80. The Labute approximate surface area is 123 Å². The Morgan fingerprint density at radius 3 is 2.35 bits per heavy atom. The second kappa shape index (κ2) is 6.46. The zero-order valence-electron chi connectivity index (χ0n) is 12.9. The number of hydrogen-bond donors (Lipinski definition) is 2. The van der Waals surface area contributed by atoms with Crippen LogP contribution in [0.2, 0.25) is 0 Å². The van der Waals surface area contributed by atoms with E-state index >= 15 is 0 Å². The SMILES string of the molecule is CCCNC1CCC(NC(=O)C2CC3CCC2C3)CC1. The van der Waals surface area contributed by atoms with Gasteiger partial charge in [-0.1, -0.05) is 13.3 Å². The summed E-state index contributed by atoms with van der Waals surface area (Å²) in [6.45, 7) is 3.35. The maximum atomic E-state index is 12.4. The third-order valence-corrected chi connectivity index (χ3v) is 5.83. The molecule has 0 aromatic heterocycles. The average Bonchev–Trinajstić information content (AvgIpc) is 3.09. The standard InChI is InChI=1S/C17H30N2O/c1-2-9-18-14-5-7-15(8-6-14)19-17(20)16-11-12-3-4-13(16)10-12/h12-16,18H,2-11H2,1H3,(H,19,20). The highest BCUT2D eigenvalue weighted by Crippen LogP contribution is 2.48. The lowest BCUT2D eigenvalue weighted by Crippen LogP contribution is -2.45. The van der Waals surface area contributed by atoms with Crippen LogP contribution in [-0.4, -0.2) is 24.5 Å². The molecule has 0 aromatic carbocycles. The maximum absolute atomic E-state index is 12.4. The number of carbonyl (C=O) groups is 1. The van der Waals surface area contributed by atoms with Crippen LogP contribution >= 0.6 is 0 Å². The Kier molecular flexibility index (Phi) is 4.65. The summed E-state index contributed by atoms with van der Waals surface area (Å²) in [5.41, 5.74) is 0. The lowest BCUT2D eigenvalue weighted by atomic mass is 9.86. The quantitative estimate of drug-likeness (QED) is 0.812. The van der Waals surface area contributed by atoms with Gasteiger partial charge in [-0.25, -0.2) is 0 Å². The second-order valence-electron chi connectivity index (χ2n) is 7.29. The van der Waals surface area contributed by atoms with E-state index < -0.39 is 0 Å². The lowest BCUT2D eigenvalue weighted by molar-refractivity contribution is -0.127. The summed E-state index contributed by atoms with van der Waals surface area (Å²) in [5, 5.41) is 6.97. The van der Waals surface area contributed by atoms with E-state index in [4.69, 9.17) is 0 Å². The van der Waals surface area contributed by atoms with Gasteiger partial charge in [0.05, 0.1) is 0 Å². The minimum absolute atomic E-state index is 0.352. The fourth-order valence-corrected chi connectivity index (χ4v) is 4.66. The normalized spacial score (nSPS) is 40.0. The van der Waals surface area contributed by atoms with Crippen LogP contribution in [0.4, 0.5) is 0 Å². The van der Waals surface area contributed by atoms with Gasteiger partial charge in [-0.05, 0) is 69.7 Å². The highest BCUT2D eigenvalue weighted by atomic mass is 16.2. The average molecular weight is 278 g/mol. The zero-order chi connectivity index (χ0) is 13.9. The van der Waals surface area contributed by atoms with Crippen LogP contribution < -0.4 is 10.6 Å². The van der Waals surface area contributed by atoms with Crippen LogP contribution in [-0.2, 0) is 4.79 Å². The highest BCUT2D eigenvalue weighted by molar-refractivity contribution is 5.79. The zero-order valence-corrected chi connectivity index (χ0v) is 12.9. The van der Waals surface area contributed by atoms with Crippen LogP contribution in [0.5, 0.6) is 0 Å². The largest absolute Gasteiger partial charge is 0.353 e. The molecule has 3 rings (SSSR count). The molecule has 3 nitrogen and oxygen atoms in total. The van der Waals surface area contributed by atoms with Gasteiger partial charge in [-0.15, -0.1) is 0 Å². The first-order chi connectivity index (χ1) is 9.76. The van der Waals surface area contributed by atoms with E-state index in [1.807, 2.05) is 0 Å². The van der Waals surface area contributed by atoms with Crippen molar-refractivity contribution in [3.63, 3.8) is 0 Å². The summed E-state index contributed by atoms with van der Waals surface area (Å²) in [6.07, 6.45) is 11.2. The van der Waals surface area contributed by atoms with Crippen molar-refractivity contribution in [2.75, 3.05) is 6.54 Å². The Balaban J connectivity index is 1.40. The number of rotatable bonds is 5. The van der Waals surface area contributed by atoms with Crippen LogP contribution in [0.1, 0.15) is 64.7 Å². The van der Waals surface area contributed by atoms with Crippen molar-refractivity contribution in [1.82, 2.24) is 10.6 Å². The molecule has 3 fully saturated rings. The van der Waals surface area contributed by atoms with E-state index in [0.717, 1.165) is 25.3 Å². The van der Waals surface area contributed by atoms with Crippen LogP contribution in [0, 0.1) is 17.8 Å². The first kappa shape index (κ1) is 14.4. The van der Waals surface area contributed by atoms with E-state index in [0.29, 0.717) is 29.8 Å². The molecule has 0 heterocycles. The van der Waals surface area contributed by atoms with Crippen molar-refractivity contribution in [1.29, 1.82) is 0 Å². The van der Waals surface area contributed by atoms with Gasteiger partial charge < -0.3 is 10.6 Å². The van der Waals surface area contributed by atoms with E-state index in [1.54, 1.807) is 0 Å². The van der Waals surface area contributed by atoms with Gasteiger partial charge >= 0.3 is 0 Å². The minimum Gasteiger partial charge on any atom is -0.353 e. The van der Waals surface area contributed by atoms with Gasteiger partial charge in [0.25, 0.3) is 0 Å². The van der Waals surface area contributed by atoms with Gasteiger partial charge in [0, 0.05) is 18.0 Å². The summed E-state index contributed by atoms with van der Waals surface area (Å²) < 4.78 is 0. The first-order valence-corrected chi connectivity index (χ1v) is 8.80. The fourth-order valence-electron chi connectivity index (χ4n) is 4.66. The van der Waals surface area contributed by atoms with Crippen molar-refractivity contribution in [2.45, 2.75) is 76.8 Å². The molecule has 0 saturated heterocycles. The molecule has 114 valence electrons. The number of nitrogens with one attached hydrogen (secondary N) is 2. The van der Waals surface area contributed by atoms with Crippen LogP contribution in [0.15, 0.2) is 0 Å². The smallest absolute Gasteiger partial charge is 0.223 e.